The number of likely N-dealkylation sites (N-methyl/N-ethyl adjacent to an activating group) is 1. The van der Waals surface area contributed by atoms with Crippen LogP contribution in [0.2, 0.25) is 0 Å². The van der Waals surface area contributed by atoms with E-state index in [-0.39, 0.29) is 6.42 Å². The number of aliphatic carboxylic acids is 1. The maximum absolute atomic E-state index is 10.9. The number of aliphatic hydroxyl groups is 1. The van der Waals surface area contributed by atoms with Crippen LogP contribution in [0.5, 0.6) is 0 Å². The van der Waals surface area contributed by atoms with Crippen molar-refractivity contribution in [3.05, 3.63) is 0 Å². The Bertz CT molecular complexity index is 273. The first kappa shape index (κ1) is 19.4. The predicted octanol–water partition coefficient (Wildman–Crippen LogP) is 3.04. The van der Waals surface area contributed by atoms with Crippen molar-refractivity contribution >= 4 is 5.97 Å². The van der Waals surface area contributed by atoms with Crippen molar-refractivity contribution in [2.45, 2.75) is 70.3 Å². The molecule has 0 fully saturated rings. The van der Waals surface area contributed by atoms with E-state index in [1.54, 1.807) is 0 Å². The zero-order valence-electron chi connectivity index (χ0n) is 13.8. The Morgan fingerprint density at radius 1 is 1.00 bits per heavy atom. The third kappa shape index (κ3) is 11.2. The van der Waals surface area contributed by atoms with E-state index in [4.69, 9.17) is 5.11 Å². The lowest BCUT2D eigenvalue weighted by atomic mass is 9.91. The van der Waals surface area contributed by atoms with Gasteiger partial charge in [0, 0.05) is 0 Å². The first-order chi connectivity index (χ1) is 9.18. The molecule has 20 heavy (non-hydrogen) atoms. The lowest BCUT2D eigenvalue weighted by molar-refractivity contribution is -0.877. The van der Waals surface area contributed by atoms with Crippen molar-refractivity contribution < 1.29 is 19.5 Å². The molecule has 0 amide bonds. The maximum Gasteiger partial charge on any atom is 0.306 e. The molecule has 4 nitrogen and oxygen atoms in total. The second-order valence-corrected chi connectivity index (χ2v) is 7.11. The van der Waals surface area contributed by atoms with Crippen LogP contribution in [0.3, 0.4) is 0 Å². The maximum atomic E-state index is 10.9. The van der Waals surface area contributed by atoms with Crippen LogP contribution in [0.25, 0.3) is 0 Å². The average molecular weight is 288 g/mol. The van der Waals surface area contributed by atoms with Gasteiger partial charge >= 0.3 is 5.97 Å². The van der Waals surface area contributed by atoms with Crippen LogP contribution in [-0.4, -0.2) is 54.0 Å². The fourth-order valence-electron chi connectivity index (χ4n) is 2.80. The summed E-state index contributed by atoms with van der Waals surface area (Å²) in [5, 5.41) is 19.5. The molecule has 0 aromatic carbocycles. The fourth-order valence-corrected chi connectivity index (χ4v) is 2.80. The van der Waals surface area contributed by atoms with Gasteiger partial charge in [0.1, 0.15) is 12.1 Å². The zero-order chi connectivity index (χ0) is 15.6. The van der Waals surface area contributed by atoms with Crippen LogP contribution in [0.1, 0.15) is 64.7 Å². The van der Waals surface area contributed by atoms with Crippen molar-refractivity contribution in [3.63, 3.8) is 0 Å². The molecule has 0 aromatic heterocycles. The monoisotopic (exact) mass is 288 g/mol. The molecule has 0 heterocycles. The molecule has 4 heteroatoms. The van der Waals surface area contributed by atoms with Crippen molar-refractivity contribution in [1.29, 1.82) is 0 Å². The fraction of sp³-hybridized carbons (Fsp3) is 0.938. The molecular weight excluding hydrogens is 254 g/mol. The highest BCUT2D eigenvalue weighted by Crippen LogP contribution is 2.22. The molecule has 0 spiro atoms. The number of carbonyl (C=O) groups is 1. The van der Waals surface area contributed by atoms with Gasteiger partial charge in [-0.1, -0.05) is 51.9 Å². The highest BCUT2D eigenvalue weighted by atomic mass is 16.4. The van der Waals surface area contributed by atoms with Crippen LogP contribution in [0.15, 0.2) is 0 Å². The van der Waals surface area contributed by atoms with Crippen molar-refractivity contribution in [2.24, 2.45) is 0 Å². The first-order valence-corrected chi connectivity index (χ1v) is 7.93. The van der Waals surface area contributed by atoms with E-state index in [1.165, 1.54) is 32.1 Å². The van der Waals surface area contributed by atoms with Crippen LogP contribution in [-0.2, 0) is 4.79 Å². The van der Waals surface area contributed by atoms with E-state index in [1.807, 2.05) is 21.1 Å². The largest absolute Gasteiger partial charge is 0.481 e. The zero-order valence-corrected chi connectivity index (χ0v) is 13.8. The molecule has 1 atom stereocenters. The number of nitrogens with zero attached hydrogens (tertiary/aromatic N) is 1. The Hall–Kier alpha value is -0.610. The van der Waals surface area contributed by atoms with Crippen LogP contribution >= 0.6 is 0 Å². The second-order valence-electron chi connectivity index (χ2n) is 7.11. The van der Waals surface area contributed by atoms with E-state index >= 15 is 0 Å². The summed E-state index contributed by atoms with van der Waals surface area (Å²) in [4.78, 5) is 10.9. The number of carboxylic acid groups (broad SMARTS) is 1. The number of hydrogen-bond acceptors (Lipinski definition) is 2. The molecule has 0 saturated heterocycles. The molecular formula is C16H34NO3+. The Morgan fingerprint density at radius 3 is 1.95 bits per heavy atom. The van der Waals surface area contributed by atoms with Crippen LogP contribution in [0.4, 0.5) is 0 Å². The van der Waals surface area contributed by atoms with Gasteiger partial charge in [-0.25, -0.2) is 0 Å². The lowest BCUT2D eigenvalue weighted by Crippen LogP contribution is -2.50. The summed E-state index contributed by atoms with van der Waals surface area (Å²) >= 11 is 0. The van der Waals surface area contributed by atoms with Gasteiger partial charge in [-0.05, 0) is 6.42 Å². The van der Waals surface area contributed by atoms with Crippen LogP contribution in [0, 0.1) is 0 Å². The number of rotatable bonds is 12. The van der Waals surface area contributed by atoms with Gasteiger partial charge in [0.25, 0.3) is 0 Å². The van der Waals surface area contributed by atoms with Gasteiger partial charge < -0.3 is 14.7 Å². The molecule has 1 unspecified atom stereocenters. The summed E-state index contributed by atoms with van der Waals surface area (Å²) in [7, 11) is 5.95. The normalized spacial score (nSPS) is 15.1. The summed E-state index contributed by atoms with van der Waals surface area (Å²) in [6.45, 7) is 2.69. The Kier molecular flexibility index (Phi) is 9.06. The van der Waals surface area contributed by atoms with Gasteiger partial charge in [-0.15, -0.1) is 0 Å². The predicted molar refractivity (Wildman–Crippen MR) is 82.7 cm³/mol. The number of quaternary nitrogens is 1. The van der Waals surface area contributed by atoms with Gasteiger partial charge in [0.05, 0.1) is 27.6 Å². The van der Waals surface area contributed by atoms with Gasteiger partial charge in [0.15, 0.2) is 0 Å². The highest BCUT2D eigenvalue weighted by Gasteiger charge is 2.35. The van der Waals surface area contributed by atoms with E-state index in [0.717, 1.165) is 12.8 Å². The number of hydrogen-bond donors (Lipinski definition) is 2. The lowest BCUT2D eigenvalue weighted by Gasteiger charge is -2.34. The Balaban J connectivity index is 4.07. The Labute approximate surface area is 124 Å². The summed E-state index contributed by atoms with van der Waals surface area (Å²) in [6, 6.07) is 0. The molecule has 0 aliphatic heterocycles. The minimum absolute atomic E-state index is 0.154. The summed E-state index contributed by atoms with van der Waals surface area (Å²) in [5.41, 5.74) is -1.08. The van der Waals surface area contributed by atoms with Gasteiger partial charge in [-0.3, -0.25) is 4.79 Å². The molecule has 0 radical (unpaired) electrons. The third-order valence-electron chi connectivity index (χ3n) is 3.49. The van der Waals surface area contributed by atoms with Crippen molar-refractivity contribution in [3.8, 4) is 0 Å². The SMILES string of the molecule is CCCCCCCCCC(O)(CC(=O)O)C[N+](C)(C)C. The second kappa shape index (κ2) is 9.35. The van der Waals surface area contributed by atoms with Gasteiger partial charge in [0.2, 0.25) is 0 Å². The van der Waals surface area contributed by atoms with Gasteiger partial charge in [-0.2, -0.15) is 0 Å². The smallest absolute Gasteiger partial charge is 0.306 e. The molecule has 120 valence electrons. The first-order valence-electron chi connectivity index (χ1n) is 7.93. The summed E-state index contributed by atoms with van der Waals surface area (Å²) < 4.78 is 0.584. The summed E-state index contributed by atoms with van der Waals surface area (Å²) in [6.07, 6.45) is 8.70. The van der Waals surface area contributed by atoms with Crippen LogP contribution < -0.4 is 0 Å². The van der Waals surface area contributed by atoms with E-state index in [9.17, 15) is 9.90 Å². The Morgan fingerprint density at radius 2 is 1.50 bits per heavy atom. The van der Waals surface area contributed by atoms with Crippen molar-refractivity contribution in [2.75, 3.05) is 27.7 Å². The molecule has 0 bridgehead atoms. The standard InChI is InChI=1S/C16H33NO3/c1-5-6-7-8-9-10-11-12-16(20,13-15(18)19)14-17(2,3)4/h20H,5-14H2,1-4H3/p+1. The molecule has 0 aliphatic rings. The average Bonchev–Trinajstić information content (AvgIpc) is 2.23. The summed E-state index contributed by atoms with van der Waals surface area (Å²) in [5.74, 6) is -0.913. The molecule has 2 N–H and O–H groups in total. The molecule has 0 saturated carbocycles. The van der Waals surface area contributed by atoms with Crippen molar-refractivity contribution in [1.82, 2.24) is 0 Å². The van der Waals surface area contributed by atoms with E-state index < -0.39 is 11.6 Å². The van der Waals surface area contributed by atoms with E-state index in [0.29, 0.717) is 17.4 Å². The molecule has 0 aromatic rings. The number of carboxylic acids is 1. The third-order valence-corrected chi connectivity index (χ3v) is 3.49. The molecule has 0 aliphatic carbocycles. The quantitative estimate of drug-likeness (QED) is 0.429. The highest BCUT2D eigenvalue weighted by molar-refractivity contribution is 5.68. The minimum Gasteiger partial charge on any atom is -0.481 e. The number of unbranched alkanes of at least 4 members (excludes halogenated alkanes) is 6. The molecule has 0 rings (SSSR count). The topological polar surface area (TPSA) is 57.5 Å². The van der Waals surface area contributed by atoms with E-state index in [2.05, 4.69) is 6.92 Å². The minimum atomic E-state index is -1.08.